The second kappa shape index (κ2) is 14.1. The highest BCUT2D eigenvalue weighted by Crippen LogP contribution is 2.51. The average molecular weight is 883 g/mol. The van der Waals surface area contributed by atoms with Crippen LogP contribution in [0.25, 0.3) is 76.2 Å². The van der Waals surface area contributed by atoms with Crippen molar-refractivity contribution in [1.82, 2.24) is 8.80 Å². The van der Waals surface area contributed by atoms with Gasteiger partial charge in [-0.1, -0.05) is 159 Å². The van der Waals surface area contributed by atoms with Gasteiger partial charge in [-0.2, -0.15) is 0 Å². The zero-order chi connectivity index (χ0) is 44.6. The van der Waals surface area contributed by atoms with Crippen molar-refractivity contribution in [2.24, 2.45) is 0 Å². The molecule has 0 N–H and O–H groups in total. The van der Waals surface area contributed by atoms with E-state index in [2.05, 4.69) is 252 Å². The Balaban J connectivity index is 1.08. The van der Waals surface area contributed by atoms with E-state index in [0.29, 0.717) is 0 Å². The Morgan fingerprint density at radius 1 is 0.303 bits per heavy atom. The lowest BCUT2D eigenvalue weighted by molar-refractivity contribution is 1.30. The summed E-state index contributed by atoms with van der Waals surface area (Å²) in [4.78, 5) is 4.92. The Hall–Kier alpha value is -7.39. The van der Waals surface area contributed by atoms with Crippen molar-refractivity contribution in [3.05, 3.63) is 194 Å². The molecule has 9 aromatic carbocycles. The molecule has 0 unspecified atom stereocenters. The molecule has 0 bridgehead atoms. The van der Waals surface area contributed by atoms with Crippen LogP contribution in [-0.4, -0.2) is 24.9 Å². The molecular formula is C60H50N4Si2. The molecule has 318 valence electrons. The van der Waals surface area contributed by atoms with Gasteiger partial charge in [-0.05, 0) is 84.9 Å². The Labute approximate surface area is 386 Å². The second-order valence-electron chi connectivity index (χ2n) is 20.2. The first-order valence-electron chi connectivity index (χ1n) is 23.3. The molecule has 0 saturated carbocycles. The van der Waals surface area contributed by atoms with Crippen molar-refractivity contribution < 1.29 is 0 Å². The lowest BCUT2D eigenvalue weighted by Crippen LogP contribution is -2.37. The zero-order valence-electron chi connectivity index (χ0n) is 38.3. The lowest BCUT2D eigenvalue weighted by Gasteiger charge is -2.27. The summed E-state index contributed by atoms with van der Waals surface area (Å²) >= 11 is 0. The van der Waals surface area contributed by atoms with Gasteiger partial charge in [0.1, 0.15) is 0 Å². The van der Waals surface area contributed by atoms with Crippen LogP contribution in [0.15, 0.2) is 194 Å². The Bertz CT molecular complexity index is 3720. The molecule has 13 rings (SSSR count). The predicted molar refractivity (Wildman–Crippen MR) is 291 cm³/mol. The Morgan fingerprint density at radius 3 is 1.03 bits per heavy atom. The molecule has 4 nitrogen and oxygen atoms in total. The maximum atomic E-state index is 2.55. The van der Waals surface area contributed by atoms with Gasteiger partial charge in [-0.3, -0.25) is 0 Å². The molecule has 0 radical (unpaired) electrons. The molecule has 4 aromatic heterocycles. The van der Waals surface area contributed by atoms with Gasteiger partial charge in [0.15, 0.2) is 0 Å². The number of para-hydroxylation sites is 4. The minimum Gasteiger partial charge on any atom is -0.310 e. The third-order valence-electron chi connectivity index (χ3n) is 14.3. The van der Waals surface area contributed by atoms with Crippen LogP contribution in [0.1, 0.15) is 0 Å². The van der Waals surface area contributed by atoms with E-state index < -0.39 is 16.1 Å². The van der Waals surface area contributed by atoms with Crippen molar-refractivity contribution in [2.75, 3.05) is 9.80 Å². The molecule has 0 aliphatic heterocycles. The largest absolute Gasteiger partial charge is 0.310 e. The molecule has 0 aliphatic rings. The molecule has 0 fully saturated rings. The van der Waals surface area contributed by atoms with Crippen LogP contribution < -0.4 is 20.2 Å². The van der Waals surface area contributed by atoms with Gasteiger partial charge in [0.05, 0.1) is 60.6 Å². The van der Waals surface area contributed by atoms with Crippen molar-refractivity contribution in [3.63, 3.8) is 0 Å². The van der Waals surface area contributed by atoms with Gasteiger partial charge in [0, 0.05) is 65.8 Å². The SMILES string of the molecule is C[Si](C)(C)c1ccc(N(c2ccccc2)c2ccc3c4cc5c(cc4n4c6ccccc6c2c34)c2ccc(N(c3ccccc3)c3ccc([Si](C)(C)C)cc3)c3c4ccccc4n5c23)cc1. The highest BCUT2D eigenvalue weighted by Gasteiger charge is 2.28. The number of nitrogens with zero attached hydrogens (tertiary/aromatic N) is 4. The molecule has 0 atom stereocenters. The fourth-order valence-electron chi connectivity index (χ4n) is 11.1. The smallest absolute Gasteiger partial charge is 0.0775 e. The van der Waals surface area contributed by atoms with Crippen molar-refractivity contribution in [2.45, 2.75) is 39.3 Å². The van der Waals surface area contributed by atoms with Crippen LogP contribution in [0.3, 0.4) is 0 Å². The molecule has 4 heterocycles. The molecular weight excluding hydrogens is 833 g/mol. The summed E-state index contributed by atoms with van der Waals surface area (Å²) in [7, 11) is -2.97. The minimum absolute atomic E-state index is 1.15. The molecule has 0 aliphatic carbocycles. The fourth-order valence-corrected chi connectivity index (χ4v) is 13.4. The maximum Gasteiger partial charge on any atom is 0.0775 e. The number of hydrogen-bond acceptors (Lipinski definition) is 2. The molecule has 0 spiro atoms. The molecule has 0 saturated heterocycles. The van der Waals surface area contributed by atoms with Gasteiger partial charge >= 0.3 is 0 Å². The minimum atomic E-state index is -1.49. The molecule has 0 amide bonds. The predicted octanol–water partition coefficient (Wildman–Crippen LogP) is 16.0. The first-order chi connectivity index (χ1) is 32.0. The van der Waals surface area contributed by atoms with Gasteiger partial charge < -0.3 is 18.6 Å². The van der Waals surface area contributed by atoms with Crippen LogP contribution in [-0.2, 0) is 0 Å². The van der Waals surface area contributed by atoms with Crippen LogP contribution >= 0.6 is 0 Å². The van der Waals surface area contributed by atoms with E-state index in [4.69, 9.17) is 0 Å². The van der Waals surface area contributed by atoms with Crippen molar-refractivity contribution in [3.8, 4) is 0 Å². The zero-order valence-corrected chi connectivity index (χ0v) is 40.3. The number of aromatic nitrogens is 2. The van der Waals surface area contributed by atoms with Crippen molar-refractivity contribution in [1.29, 1.82) is 0 Å². The monoisotopic (exact) mass is 882 g/mol. The lowest BCUT2D eigenvalue weighted by atomic mass is 10.0. The van der Waals surface area contributed by atoms with Gasteiger partial charge in [-0.25, -0.2) is 0 Å². The van der Waals surface area contributed by atoms with Crippen LogP contribution in [0.5, 0.6) is 0 Å². The molecule has 66 heavy (non-hydrogen) atoms. The van der Waals surface area contributed by atoms with Gasteiger partial charge in [0.2, 0.25) is 0 Å². The van der Waals surface area contributed by atoms with Crippen LogP contribution in [0, 0.1) is 0 Å². The maximum absolute atomic E-state index is 2.55. The summed E-state index contributed by atoms with van der Waals surface area (Å²) in [5.74, 6) is 0. The van der Waals surface area contributed by atoms with Gasteiger partial charge in [0.25, 0.3) is 0 Å². The number of fused-ring (bicyclic) bond motifs is 12. The fraction of sp³-hybridized carbons (Fsp3) is 0.100. The van der Waals surface area contributed by atoms with Crippen LogP contribution in [0.2, 0.25) is 39.3 Å². The van der Waals surface area contributed by atoms with Crippen molar-refractivity contribution >= 4 is 137 Å². The number of anilines is 6. The van der Waals surface area contributed by atoms with Gasteiger partial charge in [-0.15, -0.1) is 0 Å². The van der Waals surface area contributed by atoms with E-state index in [1.54, 1.807) is 0 Å². The summed E-state index contributed by atoms with van der Waals surface area (Å²) in [6.07, 6.45) is 0. The van der Waals surface area contributed by atoms with E-state index in [9.17, 15) is 0 Å². The first kappa shape index (κ1) is 39.0. The molecule has 6 heteroatoms. The third kappa shape index (κ3) is 5.61. The highest BCUT2D eigenvalue weighted by atomic mass is 28.3. The highest BCUT2D eigenvalue weighted by molar-refractivity contribution is 6.89. The number of rotatable bonds is 8. The van der Waals surface area contributed by atoms with Crippen LogP contribution in [0.4, 0.5) is 34.1 Å². The summed E-state index contributed by atoms with van der Waals surface area (Å²) in [5, 5.41) is 13.1. The summed E-state index contributed by atoms with van der Waals surface area (Å²) in [5.41, 5.74) is 14.5. The number of benzene rings is 9. The Kier molecular flexibility index (Phi) is 8.31. The third-order valence-corrected chi connectivity index (χ3v) is 18.4. The molecule has 13 aromatic rings. The second-order valence-corrected chi connectivity index (χ2v) is 30.4. The summed E-state index contributed by atoms with van der Waals surface area (Å²) in [6.45, 7) is 14.5. The number of hydrogen-bond donors (Lipinski definition) is 0. The topological polar surface area (TPSA) is 15.3 Å². The van der Waals surface area contributed by atoms with E-state index in [-0.39, 0.29) is 0 Å². The standard InChI is InChI=1S/C60H50N4Si2/c1-65(2,3)43-29-25-41(26-30-43)61(39-17-9-7-10-18-39)53-35-33-45-49-37-56-50(38-55(49)63-51-23-15-13-21-47(51)57(53)59(45)63)46-34-36-54(58-48-22-14-16-24-52(48)64(56)60(46)58)62(40-19-11-8-12-20-40)42-27-31-44(32-28-42)66(4,5)6/h7-38H,1-6H3. The normalized spacial score (nSPS) is 12.7. The van der Waals surface area contributed by atoms with E-state index in [1.165, 1.54) is 109 Å². The van der Waals surface area contributed by atoms with E-state index in [0.717, 1.165) is 11.4 Å². The van der Waals surface area contributed by atoms with E-state index in [1.807, 2.05) is 0 Å². The summed E-state index contributed by atoms with van der Waals surface area (Å²) in [6, 6.07) is 73.0. The van der Waals surface area contributed by atoms with E-state index >= 15 is 0 Å². The summed E-state index contributed by atoms with van der Waals surface area (Å²) < 4.78 is 5.10. The quantitative estimate of drug-likeness (QED) is 0.141. The average Bonchev–Trinajstić information content (AvgIpc) is 4.06. The first-order valence-corrected chi connectivity index (χ1v) is 30.3. The Morgan fingerprint density at radius 2 is 0.652 bits per heavy atom.